The molecular formula is C16H42N6O2S. The number of rotatable bonds is 5. The molecule has 8 nitrogen and oxygen atoms in total. The summed E-state index contributed by atoms with van der Waals surface area (Å²) in [6.07, 6.45) is 1.10. The molecular weight excluding hydrogens is 340 g/mol. The summed E-state index contributed by atoms with van der Waals surface area (Å²) >= 11 is 0. The van der Waals surface area contributed by atoms with Crippen molar-refractivity contribution in [2.45, 2.75) is 13.8 Å². The predicted molar refractivity (Wildman–Crippen MR) is 114 cm³/mol. The Morgan fingerprint density at radius 1 is 0.680 bits per heavy atom. The van der Waals surface area contributed by atoms with Gasteiger partial charge in [-0.05, 0) is 46.4 Å². The van der Waals surface area contributed by atoms with Gasteiger partial charge in [0.25, 0.3) is 0 Å². The SMILES string of the molecule is C=C(C)NC.C=C(C)NC.C=C(NC)NC.CNC.CNS(C)(=O)=O. The minimum Gasteiger partial charge on any atom is -0.392 e. The lowest BCUT2D eigenvalue weighted by atomic mass is 10.6. The van der Waals surface area contributed by atoms with Gasteiger partial charge in [-0.1, -0.05) is 19.7 Å². The maximum atomic E-state index is 9.89. The third-order valence-electron chi connectivity index (χ3n) is 1.83. The Balaban J connectivity index is -0.0000000678. The van der Waals surface area contributed by atoms with Crippen molar-refractivity contribution < 1.29 is 8.42 Å². The second-order valence-corrected chi connectivity index (χ2v) is 6.47. The molecule has 0 spiro atoms. The topological polar surface area (TPSA) is 106 Å². The molecule has 0 bridgehead atoms. The average Bonchev–Trinajstić information content (AvgIpc) is 2.55. The van der Waals surface area contributed by atoms with Gasteiger partial charge in [0.1, 0.15) is 0 Å². The molecule has 0 saturated heterocycles. The smallest absolute Gasteiger partial charge is 0.208 e. The Labute approximate surface area is 156 Å². The molecule has 0 aromatic heterocycles. The van der Waals surface area contributed by atoms with Gasteiger partial charge < -0.3 is 26.6 Å². The summed E-state index contributed by atoms with van der Waals surface area (Å²) in [5.74, 6) is 0.843. The molecule has 154 valence electrons. The monoisotopic (exact) mass is 382 g/mol. The molecule has 0 saturated carbocycles. The first-order valence-electron chi connectivity index (χ1n) is 7.51. The van der Waals surface area contributed by atoms with Crippen LogP contribution < -0.4 is 31.3 Å². The molecule has 0 aromatic carbocycles. The van der Waals surface area contributed by atoms with Gasteiger partial charge in [0.05, 0.1) is 12.1 Å². The highest BCUT2D eigenvalue weighted by atomic mass is 32.2. The number of allylic oxidation sites excluding steroid dienone is 2. The van der Waals surface area contributed by atoms with Crippen LogP contribution in [0.5, 0.6) is 0 Å². The molecule has 0 fully saturated rings. The molecule has 6 N–H and O–H groups in total. The largest absolute Gasteiger partial charge is 0.392 e. The van der Waals surface area contributed by atoms with E-state index in [9.17, 15) is 8.42 Å². The Morgan fingerprint density at radius 2 is 0.840 bits per heavy atom. The summed E-state index contributed by atoms with van der Waals surface area (Å²) in [4.78, 5) is 0. The van der Waals surface area contributed by atoms with Crippen LogP contribution >= 0.6 is 0 Å². The third kappa shape index (κ3) is 106. The first-order valence-corrected chi connectivity index (χ1v) is 9.40. The fourth-order valence-corrected chi connectivity index (χ4v) is 0.125. The van der Waals surface area contributed by atoms with E-state index in [1.54, 1.807) is 0 Å². The van der Waals surface area contributed by atoms with Crippen LogP contribution in [0, 0.1) is 0 Å². The van der Waals surface area contributed by atoms with Crippen molar-refractivity contribution in [3.05, 3.63) is 37.0 Å². The third-order valence-corrected chi connectivity index (χ3v) is 2.57. The number of hydrogen-bond acceptors (Lipinski definition) is 7. The zero-order chi connectivity index (χ0) is 21.5. The summed E-state index contributed by atoms with van der Waals surface area (Å²) in [6.45, 7) is 14.5. The van der Waals surface area contributed by atoms with E-state index in [0.717, 1.165) is 23.5 Å². The van der Waals surface area contributed by atoms with Crippen molar-refractivity contribution in [1.29, 1.82) is 0 Å². The van der Waals surface area contributed by atoms with Crippen LogP contribution in [-0.4, -0.2) is 64.0 Å². The normalized spacial score (nSPS) is 7.92. The molecule has 0 aliphatic heterocycles. The van der Waals surface area contributed by atoms with Crippen LogP contribution in [0.1, 0.15) is 13.8 Å². The van der Waals surface area contributed by atoms with Gasteiger partial charge in [0, 0.05) is 28.2 Å². The van der Waals surface area contributed by atoms with Gasteiger partial charge in [-0.3, -0.25) is 0 Å². The zero-order valence-electron chi connectivity index (χ0n) is 17.8. The van der Waals surface area contributed by atoms with E-state index >= 15 is 0 Å². The van der Waals surface area contributed by atoms with Gasteiger partial charge >= 0.3 is 0 Å². The van der Waals surface area contributed by atoms with Crippen molar-refractivity contribution >= 4 is 10.0 Å². The highest BCUT2D eigenvalue weighted by Gasteiger charge is 1.88. The van der Waals surface area contributed by atoms with Gasteiger partial charge in [0.15, 0.2) is 0 Å². The quantitative estimate of drug-likeness (QED) is 0.408. The lowest BCUT2D eigenvalue weighted by Crippen LogP contribution is -2.17. The van der Waals surface area contributed by atoms with E-state index in [2.05, 4.69) is 51.0 Å². The van der Waals surface area contributed by atoms with Gasteiger partial charge in [-0.25, -0.2) is 13.1 Å². The summed E-state index contributed by atoms with van der Waals surface area (Å²) in [6, 6.07) is 0. The van der Waals surface area contributed by atoms with Crippen LogP contribution in [0.2, 0.25) is 0 Å². The minimum atomic E-state index is -2.91. The summed E-state index contributed by atoms with van der Waals surface area (Å²) in [5.41, 5.74) is 2.01. The average molecular weight is 383 g/mol. The van der Waals surface area contributed by atoms with Crippen LogP contribution in [0.4, 0.5) is 0 Å². The minimum absolute atomic E-state index is 0.843. The van der Waals surface area contributed by atoms with E-state index < -0.39 is 10.0 Å². The molecule has 0 amide bonds. The number of nitrogens with one attached hydrogen (secondary N) is 6. The molecule has 0 unspecified atom stereocenters. The lowest BCUT2D eigenvalue weighted by molar-refractivity contribution is 0.594. The van der Waals surface area contributed by atoms with E-state index in [4.69, 9.17) is 0 Å². The Kier molecular flexibility index (Phi) is 37.6. The summed E-state index contributed by atoms with van der Waals surface area (Å²) < 4.78 is 21.9. The van der Waals surface area contributed by atoms with Crippen molar-refractivity contribution in [2.75, 3.05) is 55.6 Å². The molecule has 0 aromatic rings. The Morgan fingerprint density at radius 3 is 0.840 bits per heavy atom. The van der Waals surface area contributed by atoms with Crippen molar-refractivity contribution in [2.24, 2.45) is 0 Å². The molecule has 0 rings (SSSR count). The van der Waals surface area contributed by atoms with E-state index in [-0.39, 0.29) is 0 Å². The zero-order valence-corrected chi connectivity index (χ0v) is 18.7. The van der Waals surface area contributed by atoms with Gasteiger partial charge in [-0.15, -0.1) is 0 Å². The summed E-state index contributed by atoms with van der Waals surface area (Å²) in [5, 5.41) is 14.0. The Hall–Kier alpha value is -1.71. The fourth-order valence-electron chi connectivity index (χ4n) is 0.125. The molecule has 0 atom stereocenters. The van der Waals surface area contributed by atoms with E-state index in [1.165, 1.54) is 7.05 Å². The first kappa shape index (κ1) is 34.6. The molecule has 0 heterocycles. The second-order valence-electron chi connectivity index (χ2n) is 4.52. The van der Waals surface area contributed by atoms with Crippen LogP contribution in [-0.2, 0) is 10.0 Å². The van der Waals surface area contributed by atoms with E-state index in [0.29, 0.717) is 0 Å². The maximum absolute atomic E-state index is 9.89. The predicted octanol–water partition coefficient (Wildman–Crippen LogP) is 0.376. The van der Waals surface area contributed by atoms with Crippen molar-refractivity contribution in [3.63, 3.8) is 0 Å². The molecule has 0 aliphatic carbocycles. The number of hydrogen-bond donors (Lipinski definition) is 6. The van der Waals surface area contributed by atoms with Crippen molar-refractivity contribution in [3.8, 4) is 0 Å². The van der Waals surface area contributed by atoms with Crippen molar-refractivity contribution in [1.82, 2.24) is 31.3 Å². The van der Waals surface area contributed by atoms with Crippen LogP contribution in [0.25, 0.3) is 0 Å². The van der Waals surface area contributed by atoms with Crippen LogP contribution in [0.15, 0.2) is 37.0 Å². The fraction of sp³-hybridized carbons (Fsp3) is 0.625. The van der Waals surface area contributed by atoms with Gasteiger partial charge in [-0.2, -0.15) is 0 Å². The standard InChI is InChI=1S/C4H10N2.2C4H9N.C2H7NO2S.C2H7N/c1-4(5-2)6-3;2*1-4(2)5-3;1-3-6(2,4)5;1-3-2/h5-6H,1H2,2-3H3;2*5H,1H2,2-3H3;3H,1-2H3;3H,1-2H3. The van der Waals surface area contributed by atoms with E-state index in [1.807, 2.05) is 56.1 Å². The number of sulfonamides is 1. The second kappa shape index (κ2) is 27.2. The lowest BCUT2D eigenvalue weighted by Gasteiger charge is -1.98. The maximum Gasteiger partial charge on any atom is 0.208 e. The highest BCUT2D eigenvalue weighted by Crippen LogP contribution is 1.68. The molecule has 0 aliphatic rings. The molecule has 0 radical (unpaired) electrons. The summed E-state index contributed by atoms with van der Waals surface area (Å²) in [7, 11) is 9.54. The van der Waals surface area contributed by atoms with Gasteiger partial charge in [0.2, 0.25) is 10.0 Å². The molecule has 9 heteroatoms. The highest BCUT2D eigenvalue weighted by molar-refractivity contribution is 7.88. The first-order chi connectivity index (χ1) is 11.3. The van der Waals surface area contributed by atoms with Crippen LogP contribution in [0.3, 0.4) is 0 Å². The Bertz CT molecular complexity index is 389. The molecule has 25 heavy (non-hydrogen) atoms.